The second-order valence-electron chi connectivity index (χ2n) is 5.12. The molecule has 3 heterocycles. The Morgan fingerprint density at radius 2 is 2.00 bits per heavy atom. The highest BCUT2D eigenvalue weighted by Crippen LogP contribution is 2.29. The molecule has 0 atom stereocenters. The number of fused-ring (bicyclic) bond motifs is 3. The first-order valence-corrected chi connectivity index (χ1v) is 6.77. The molecule has 3 nitrogen and oxygen atoms in total. The van der Waals surface area contributed by atoms with Gasteiger partial charge in [0.15, 0.2) is 0 Å². The van der Waals surface area contributed by atoms with Crippen LogP contribution < -0.4 is 4.90 Å². The van der Waals surface area contributed by atoms with Crippen LogP contribution in [0.1, 0.15) is 11.3 Å². The third-order valence-electron chi connectivity index (χ3n) is 3.91. The Bertz CT molecular complexity index is 778. The van der Waals surface area contributed by atoms with Gasteiger partial charge in [-0.05, 0) is 18.2 Å². The van der Waals surface area contributed by atoms with Crippen LogP contribution in [-0.2, 0) is 13.0 Å². The number of aromatic amines is 1. The molecule has 4 rings (SSSR count). The van der Waals surface area contributed by atoms with Gasteiger partial charge in [0.05, 0.1) is 0 Å². The molecule has 1 aliphatic rings. The molecule has 0 radical (unpaired) electrons. The summed E-state index contributed by atoms with van der Waals surface area (Å²) in [4.78, 5) is 9.59. The minimum atomic E-state index is -0.424. The molecular weight excluding hydrogens is 253 g/mol. The highest BCUT2D eigenvalue weighted by atomic mass is 19.1. The van der Waals surface area contributed by atoms with Crippen LogP contribution in [-0.4, -0.2) is 16.5 Å². The lowest BCUT2D eigenvalue weighted by Crippen LogP contribution is -2.30. The zero-order chi connectivity index (χ0) is 13.5. The highest BCUT2D eigenvalue weighted by molar-refractivity contribution is 5.85. The van der Waals surface area contributed by atoms with E-state index in [9.17, 15) is 4.39 Å². The van der Waals surface area contributed by atoms with Gasteiger partial charge >= 0.3 is 0 Å². The molecule has 2 aromatic heterocycles. The first kappa shape index (κ1) is 11.5. The summed E-state index contributed by atoms with van der Waals surface area (Å²) in [5, 5.41) is 1.25. The van der Waals surface area contributed by atoms with E-state index in [1.165, 1.54) is 28.2 Å². The fourth-order valence-corrected chi connectivity index (χ4v) is 2.94. The third kappa shape index (κ3) is 1.76. The normalized spacial score (nSPS) is 14.6. The van der Waals surface area contributed by atoms with E-state index in [2.05, 4.69) is 33.1 Å². The number of aromatic nitrogens is 2. The zero-order valence-corrected chi connectivity index (χ0v) is 10.9. The van der Waals surface area contributed by atoms with Crippen LogP contribution in [0.3, 0.4) is 0 Å². The maximum Gasteiger partial charge on any atom is 0.214 e. The number of rotatable bonds is 1. The first-order valence-electron chi connectivity index (χ1n) is 6.77. The predicted octanol–water partition coefficient (Wildman–Crippen LogP) is 3.26. The lowest BCUT2D eigenvalue weighted by Gasteiger charge is -2.28. The largest absolute Gasteiger partial charge is 0.358 e. The van der Waals surface area contributed by atoms with E-state index in [1.807, 2.05) is 12.1 Å². The van der Waals surface area contributed by atoms with Crippen molar-refractivity contribution in [2.45, 2.75) is 13.0 Å². The quantitative estimate of drug-likeness (QED) is 0.686. The number of anilines is 1. The number of hydrogen-bond acceptors (Lipinski definition) is 2. The van der Waals surface area contributed by atoms with Crippen molar-refractivity contribution in [2.24, 2.45) is 0 Å². The molecule has 0 bridgehead atoms. The SMILES string of the molecule is Fc1cccc(N2CCc3[nH]c4ccccc4c3C2)n1. The van der Waals surface area contributed by atoms with Crippen molar-refractivity contribution in [1.82, 2.24) is 9.97 Å². The van der Waals surface area contributed by atoms with Gasteiger partial charge in [0.25, 0.3) is 0 Å². The summed E-state index contributed by atoms with van der Waals surface area (Å²) in [5.74, 6) is 0.285. The van der Waals surface area contributed by atoms with Gasteiger partial charge < -0.3 is 9.88 Å². The van der Waals surface area contributed by atoms with Gasteiger partial charge in [-0.2, -0.15) is 4.39 Å². The molecule has 4 heteroatoms. The van der Waals surface area contributed by atoms with Gasteiger partial charge in [-0.3, -0.25) is 0 Å². The molecule has 0 aliphatic carbocycles. The highest BCUT2D eigenvalue weighted by Gasteiger charge is 2.21. The van der Waals surface area contributed by atoms with Crippen LogP contribution in [0.15, 0.2) is 42.5 Å². The molecule has 3 aromatic rings. The Balaban J connectivity index is 1.75. The number of hydrogen-bond donors (Lipinski definition) is 1. The molecule has 1 aromatic carbocycles. The lowest BCUT2D eigenvalue weighted by molar-refractivity contribution is 0.578. The molecule has 0 fully saturated rings. The van der Waals surface area contributed by atoms with Gasteiger partial charge in [0.1, 0.15) is 5.82 Å². The van der Waals surface area contributed by atoms with E-state index in [0.29, 0.717) is 5.82 Å². The Hall–Kier alpha value is -2.36. The van der Waals surface area contributed by atoms with Crippen LogP contribution >= 0.6 is 0 Å². The Labute approximate surface area is 116 Å². The number of nitrogens with zero attached hydrogens (tertiary/aromatic N) is 2. The molecule has 1 N–H and O–H groups in total. The summed E-state index contributed by atoms with van der Waals surface area (Å²) < 4.78 is 13.3. The molecule has 0 saturated carbocycles. The fourth-order valence-electron chi connectivity index (χ4n) is 2.94. The van der Waals surface area contributed by atoms with E-state index in [0.717, 1.165) is 19.5 Å². The number of para-hydroxylation sites is 1. The van der Waals surface area contributed by atoms with Gasteiger partial charge in [0.2, 0.25) is 5.95 Å². The predicted molar refractivity (Wildman–Crippen MR) is 77.2 cm³/mol. The number of H-pyrrole nitrogens is 1. The molecule has 0 spiro atoms. The fraction of sp³-hybridized carbons (Fsp3) is 0.188. The maximum atomic E-state index is 13.3. The average molecular weight is 267 g/mol. The van der Waals surface area contributed by atoms with Crippen molar-refractivity contribution in [1.29, 1.82) is 0 Å². The van der Waals surface area contributed by atoms with Gasteiger partial charge in [-0.15, -0.1) is 0 Å². The Morgan fingerprint density at radius 1 is 1.10 bits per heavy atom. The number of halogens is 1. The Morgan fingerprint density at radius 3 is 2.90 bits per heavy atom. The van der Waals surface area contributed by atoms with Crippen molar-refractivity contribution in [2.75, 3.05) is 11.4 Å². The molecule has 20 heavy (non-hydrogen) atoms. The van der Waals surface area contributed by atoms with E-state index in [4.69, 9.17) is 0 Å². The van der Waals surface area contributed by atoms with Crippen molar-refractivity contribution in [3.63, 3.8) is 0 Å². The summed E-state index contributed by atoms with van der Waals surface area (Å²) in [6, 6.07) is 13.3. The van der Waals surface area contributed by atoms with Crippen molar-refractivity contribution in [3.05, 3.63) is 59.7 Å². The molecule has 0 unspecified atom stereocenters. The smallest absolute Gasteiger partial charge is 0.214 e. The number of pyridine rings is 1. The summed E-state index contributed by atoms with van der Waals surface area (Å²) in [6.07, 6.45) is 0.933. The van der Waals surface area contributed by atoms with Crippen molar-refractivity contribution < 1.29 is 4.39 Å². The van der Waals surface area contributed by atoms with E-state index in [1.54, 1.807) is 6.07 Å². The Kier molecular flexibility index (Phi) is 2.49. The third-order valence-corrected chi connectivity index (χ3v) is 3.91. The summed E-state index contributed by atoms with van der Waals surface area (Å²) in [5.41, 5.74) is 3.77. The van der Waals surface area contributed by atoms with Crippen LogP contribution in [0.4, 0.5) is 10.2 Å². The van der Waals surface area contributed by atoms with E-state index >= 15 is 0 Å². The maximum absolute atomic E-state index is 13.3. The van der Waals surface area contributed by atoms with Gasteiger partial charge in [0, 0.05) is 41.7 Å². The molecule has 100 valence electrons. The van der Waals surface area contributed by atoms with Crippen molar-refractivity contribution >= 4 is 16.7 Å². The number of benzene rings is 1. The second kappa shape index (κ2) is 4.34. The topological polar surface area (TPSA) is 31.9 Å². The summed E-state index contributed by atoms with van der Waals surface area (Å²) in [7, 11) is 0. The standard InChI is InChI=1S/C16H14FN3/c17-15-6-3-7-16(19-15)20-9-8-14-12(10-20)11-4-1-2-5-13(11)18-14/h1-7,18H,8-10H2. The minimum absolute atomic E-state index is 0.424. The zero-order valence-electron chi connectivity index (χ0n) is 10.9. The second-order valence-corrected chi connectivity index (χ2v) is 5.12. The van der Waals surface area contributed by atoms with E-state index in [-0.39, 0.29) is 0 Å². The molecule has 0 saturated heterocycles. The van der Waals surface area contributed by atoms with Crippen LogP contribution in [0.5, 0.6) is 0 Å². The first-order chi connectivity index (χ1) is 9.81. The molecule has 1 aliphatic heterocycles. The van der Waals surface area contributed by atoms with Crippen LogP contribution in [0.25, 0.3) is 10.9 Å². The molecular formula is C16H14FN3. The monoisotopic (exact) mass is 267 g/mol. The average Bonchev–Trinajstić information content (AvgIpc) is 2.85. The minimum Gasteiger partial charge on any atom is -0.358 e. The van der Waals surface area contributed by atoms with Crippen LogP contribution in [0.2, 0.25) is 0 Å². The lowest BCUT2D eigenvalue weighted by atomic mass is 10.0. The summed E-state index contributed by atoms with van der Waals surface area (Å²) in [6.45, 7) is 1.63. The molecule has 0 amide bonds. The van der Waals surface area contributed by atoms with E-state index < -0.39 is 5.95 Å². The summed E-state index contributed by atoms with van der Waals surface area (Å²) >= 11 is 0. The van der Waals surface area contributed by atoms with Crippen molar-refractivity contribution in [3.8, 4) is 0 Å². The van der Waals surface area contributed by atoms with Gasteiger partial charge in [-0.25, -0.2) is 4.98 Å². The van der Waals surface area contributed by atoms with Crippen LogP contribution in [0, 0.1) is 5.95 Å². The number of nitrogens with one attached hydrogen (secondary N) is 1. The van der Waals surface area contributed by atoms with Gasteiger partial charge in [-0.1, -0.05) is 24.3 Å².